The van der Waals surface area contributed by atoms with Crippen molar-refractivity contribution in [3.8, 4) is 0 Å². The van der Waals surface area contributed by atoms with E-state index in [1.54, 1.807) is 0 Å². The quantitative estimate of drug-likeness (QED) is 0.612. The number of rotatable bonds is 2. The number of nitrogens with two attached hydrogens (primary N) is 1. The van der Waals surface area contributed by atoms with E-state index in [1.165, 1.54) is 42.2 Å². The fourth-order valence-electron chi connectivity index (χ4n) is 1.54. The number of allylic oxidation sites excluding steroid dienone is 3. The molecule has 2 rings (SSSR count). The summed E-state index contributed by atoms with van der Waals surface area (Å²) in [5.74, 6) is -0.445. The average molecular weight is 227 g/mol. The summed E-state index contributed by atoms with van der Waals surface area (Å²) in [5, 5.41) is 0. The van der Waals surface area contributed by atoms with Crippen molar-refractivity contribution in [2.24, 2.45) is 5.73 Å². The molecule has 0 spiro atoms. The Hall–Kier alpha value is -2.09. The standard InChI is InChI=1S/C10H10.C5H7NO/c1-2-6-10-8-4-3-7-9(10)5-1;1-2-3-4-5(6)7/h1-3,5-7H,4,8H2;2-4H,1H2,(H2,6,7). The van der Waals surface area contributed by atoms with Crippen LogP contribution in [0.2, 0.25) is 0 Å². The van der Waals surface area contributed by atoms with Crippen LogP contribution in [0.3, 0.4) is 0 Å². The Morgan fingerprint density at radius 1 is 1.35 bits per heavy atom. The van der Waals surface area contributed by atoms with Gasteiger partial charge in [-0.2, -0.15) is 0 Å². The molecule has 17 heavy (non-hydrogen) atoms. The molecule has 0 atom stereocenters. The number of primary amides is 1. The predicted molar refractivity (Wildman–Crippen MR) is 72.3 cm³/mol. The van der Waals surface area contributed by atoms with Crippen LogP contribution < -0.4 is 5.73 Å². The Morgan fingerprint density at radius 3 is 2.71 bits per heavy atom. The molecular formula is C15H17NO. The van der Waals surface area contributed by atoms with Crippen molar-refractivity contribution < 1.29 is 4.79 Å². The Balaban J connectivity index is 0.000000185. The van der Waals surface area contributed by atoms with Crippen molar-refractivity contribution in [3.05, 3.63) is 66.3 Å². The van der Waals surface area contributed by atoms with Gasteiger partial charge in [0.1, 0.15) is 0 Å². The van der Waals surface area contributed by atoms with Crippen molar-refractivity contribution in [1.82, 2.24) is 0 Å². The SMILES string of the molecule is C1=Cc2ccccc2CC1.C=CC=CC(N)=O. The molecule has 1 aliphatic carbocycles. The average Bonchev–Trinajstić information content (AvgIpc) is 2.37. The maximum Gasteiger partial charge on any atom is 0.241 e. The van der Waals surface area contributed by atoms with Crippen LogP contribution in [0.4, 0.5) is 0 Å². The van der Waals surface area contributed by atoms with Gasteiger partial charge in [-0.15, -0.1) is 0 Å². The van der Waals surface area contributed by atoms with E-state index >= 15 is 0 Å². The molecule has 2 nitrogen and oxygen atoms in total. The second-order valence-electron chi connectivity index (χ2n) is 3.64. The van der Waals surface area contributed by atoms with Gasteiger partial charge in [-0.05, 0) is 24.0 Å². The van der Waals surface area contributed by atoms with Crippen LogP contribution in [0.5, 0.6) is 0 Å². The molecule has 0 saturated heterocycles. The summed E-state index contributed by atoms with van der Waals surface area (Å²) in [4.78, 5) is 9.85. The van der Waals surface area contributed by atoms with Crippen LogP contribution in [0.1, 0.15) is 17.5 Å². The van der Waals surface area contributed by atoms with Crippen molar-refractivity contribution >= 4 is 12.0 Å². The van der Waals surface area contributed by atoms with Gasteiger partial charge in [-0.1, -0.05) is 55.1 Å². The summed E-state index contributed by atoms with van der Waals surface area (Å²) in [7, 11) is 0. The topological polar surface area (TPSA) is 43.1 Å². The van der Waals surface area contributed by atoms with Crippen molar-refractivity contribution in [2.45, 2.75) is 12.8 Å². The number of carbonyl (C=O) groups excluding carboxylic acids is 1. The number of benzene rings is 1. The summed E-state index contributed by atoms with van der Waals surface area (Å²) in [6.45, 7) is 3.34. The molecule has 1 amide bonds. The van der Waals surface area contributed by atoms with Gasteiger partial charge in [-0.25, -0.2) is 0 Å². The highest BCUT2D eigenvalue weighted by Crippen LogP contribution is 2.17. The van der Waals surface area contributed by atoms with Gasteiger partial charge >= 0.3 is 0 Å². The second-order valence-corrected chi connectivity index (χ2v) is 3.64. The summed E-state index contributed by atoms with van der Waals surface area (Å²) < 4.78 is 0. The molecule has 0 aromatic heterocycles. The summed E-state index contributed by atoms with van der Waals surface area (Å²) >= 11 is 0. The molecule has 1 aliphatic rings. The zero-order valence-corrected chi connectivity index (χ0v) is 9.80. The van der Waals surface area contributed by atoms with E-state index in [0.29, 0.717) is 0 Å². The highest BCUT2D eigenvalue weighted by atomic mass is 16.1. The lowest BCUT2D eigenvalue weighted by Crippen LogP contribution is -2.04. The zero-order valence-electron chi connectivity index (χ0n) is 9.80. The molecule has 0 saturated carbocycles. The van der Waals surface area contributed by atoms with Crippen LogP contribution in [-0.4, -0.2) is 5.91 Å². The van der Waals surface area contributed by atoms with Gasteiger partial charge in [0, 0.05) is 6.08 Å². The van der Waals surface area contributed by atoms with E-state index in [4.69, 9.17) is 5.73 Å². The number of carbonyl (C=O) groups is 1. The van der Waals surface area contributed by atoms with Crippen LogP contribution in [0.25, 0.3) is 6.08 Å². The fraction of sp³-hybridized carbons (Fsp3) is 0.133. The third kappa shape index (κ3) is 4.98. The van der Waals surface area contributed by atoms with E-state index < -0.39 is 5.91 Å². The van der Waals surface area contributed by atoms with Gasteiger partial charge < -0.3 is 5.73 Å². The minimum absolute atomic E-state index is 0.445. The first kappa shape index (κ1) is 13.0. The highest BCUT2D eigenvalue weighted by Gasteiger charge is 2.00. The molecule has 0 heterocycles. The number of fused-ring (bicyclic) bond motifs is 1. The molecule has 88 valence electrons. The van der Waals surface area contributed by atoms with Gasteiger partial charge in [0.2, 0.25) is 5.91 Å². The van der Waals surface area contributed by atoms with Crippen molar-refractivity contribution in [1.29, 1.82) is 0 Å². The Kier molecular flexibility index (Phi) is 5.52. The molecule has 1 aromatic carbocycles. The minimum Gasteiger partial charge on any atom is -0.366 e. The Labute approximate surface area is 102 Å². The molecule has 2 heteroatoms. The molecule has 2 N–H and O–H groups in total. The number of amides is 1. The number of hydrogen-bond donors (Lipinski definition) is 1. The first-order chi connectivity index (χ1) is 8.24. The summed E-state index contributed by atoms with van der Waals surface area (Å²) in [6.07, 6.45) is 11.1. The minimum atomic E-state index is -0.445. The molecule has 0 aliphatic heterocycles. The molecule has 0 bridgehead atoms. The first-order valence-electron chi connectivity index (χ1n) is 5.57. The van der Waals surface area contributed by atoms with E-state index in [0.717, 1.165) is 0 Å². The third-order valence-corrected chi connectivity index (χ3v) is 2.33. The van der Waals surface area contributed by atoms with Crippen LogP contribution in [0.15, 0.2) is 55.1 Å². The zero-order chi connectivity index (χ0) is 12.5. The largest absolute Gasteiger partial charge is 0.366 e. The number of aryl methyl sites for hydroxylation is 1. The van der Waals surface area contributed by atoms with Gasteiger partial charge in [-0.3, -0.25) is 4.79 Å². The highest BCUT2D eigenvalue weighted by molar-refractivity contribution is 5.85. The van der Waals surface area contributed by atoms with E-state index in [-0.39, 0.29) is 0 Å². The fourth-order valence-corrected chi connectivity index (χ4v) is 1.54. The van der Waals surface area contributed by atoms with Crippen molar-refractivity contribution in [3.63, 3.8) is 0 Å². The Bertz CT molecular complexity index is 444. The molecule has 0 fully saturated rings. The lowest BCUT2D eigenvalue weighted by molar-refractivity contribution is -0.113. The van der Waals surface area contributed by atoms with E-state index in [9.17, 15) is 4.79 Å². The summed E-state index contributed by atoms with van der Waals surface area (Å²) in [5.41, 5.74) is 7.59. The maximum absolute atomic E-state index is 9.85. The van der Waals surface area contributed by atoms with Crippen LogP contribution in [0, 0.1) is 0 Å². The molecule has 0 unspecified atom stereocenters. The smallest absolute Gasteiger partial charge is 0.241 e. The lowest BCUT2D eigenvalue weighted by atomic mass is 9.98. The van der Waals surface area contributed by atoms with E-state index in [1.807, 2.05) is 0 Å². The normalized spacial score (nSPS) is 12.5. The van der Waals surface area contributed by atoms with Gasteiger partial charge in [0.05, 0.1) is 0 Å². The third-order valence-electron chi connectivity index (χ3n) is 2.33. The molecular weight excluding hydrogens is 210 g/mol. The molecule has 0 radical (unpaired) electrons. The second kappa shape index (κ2) is 7.23. The monoisotopic (exact) mass is 227 g/mol. The van der Waals surface area contributed by atoms with Crippen LogP contribution >= 0.6 is 0 Å². The van der Waals surface area contributed by atoms with Gasteiger partial charge in [0.15, 0.2) is 0 Å². The molecule has 1 aromatic rings. The number of hydrogen-bond acceptors (Lipinski definition) is 1. The lowest BCUT2D eigenvalue weighted by Gasteiger charge is -2.07. The maximum atomic E-state index is 9.85. The summed E-state index contributed by atoms with van der Waals surface area (Å²) in [6, 6.07) is 8.58. The van der Waals surface area contributed by atoms with Gasteiger partial charge in [0.25, 0.3) is 0 Å². The Morgan fingerprint density at radius 2 is 2.12 bits per heavy atom. The first-order valence-corrected chi connectivity index (χ1v) is 5.57. The van der Waals surface area contributed by atoms with E-state index in [2.05, 4.69) is 43.0 Å². The predicted octanol–water partition coefficient (Wildman–Crippen LogP) is 2.86. The van der Waals surface area contributed by atoms with Crippen molar-refractivity contribution in [2.75, 3.05) is 0 Å². The van der Waals surface area contributed by atoms with Crippen LogP contribution in [-0.2, 0) is 11.2 Å².